The van der Waals surface area contributed by atoms with Crippen molar-refractivity contribution in [2.45, 2.75) is 63.6 Å². The van der Waals surface area contributed by atoms with Gasteiger partial charge in [0.05, 0.1) is 13.0 Å². The normalized spacial score (nSPS) is 23.8. The van der Waals surface area contributed by atoms with E-state index in [1.165, 1.54) is 11.3 Å². The van der Waals surface area contributed by atoms with Crippen molar-refractivity contribution in [3.63, 3.8) is 0 Å². The molecule has 3 N–H and O–H groups in total. The summed E-state index contributed by atoms with van der Waals surface area (Å²) >= 11 is 6.00. The average Bonchev–Trinajstić information content (AvgIpc) is 2.79. The number of hydrogen-bond acceptors (Lipinski definition) is 4. The van der Waals surface area contributed by atoms with Crippen molar-refractivity contribution in [3.05, 3.63) is 34.9 Å². The smallest absolute Gasteiger partial charge is 0.257 e. The number of nitrogens with zero attached hydrogens (tertiary/aromatic N) is 2. The third-order valence-corrected chi connectivity index (χ3v) is 5.28. The molecule has 7 heteroatoms. The first-order valence-electron chi connectivity index (χ1n) is 9.08. The number of hydrogen-bond donors (Lipinski definition) is 2. The summed E-state index contributed by atoms with van der Waals surface area (Å²) in [6.07, 6.45) is 5.52. The molecule has 1 fully saturated rings. The summed E-state index contributed by atoms with van der Waals surface area (Å²) in [5, 5.41) is 3.64. The Morgan fingerprint density at radius 3 is 2.81 bits per heavy atom. The highest BCUT2D eigenvalue weighted by Crippen LogP contribution is 2.27. The van der Waals surface area contributed by atoms with Crippen LogP contribution in [0.25, 0.3) is 0 Å². The van der Waals surface area contributed by atoms with E-state index in [-0.39, 0.29) is 36.8 Å². The van der Waals surface area contributed by atoms with Gasteiger partial charge in [0.1, 0.15) is 5.54 Å². The standard InChI is InChI=1S/C19H25ClN4O2/c1-19(11-16(25)22-15-8-3-2-4-9-15)17(26)24(18(21)23-19)12-13-6-5-7-14(20)10-13/h5-7,10,15H,2-4,8-9,11-12H2,1H3,(H2,21,23)(H,22,25). The monoisotopic (exact) mass is 376 g/mol. The summed E-state index contributed by atoms with van der Waals surface area (Å²) in [4.78, 5) is 31.0. The largest absolute Gasteiger partial charge is 0.369 e. The van der Waals surface area contributed by atoms with E-state index >= 15 is 0 Å². The van der Waals surface area contributed by atoms with E-state index in [2.05, 4.69) is 10.3 Å². The van der Waals surface area contributed by atoms with Crippen molar-refractivity contribution in [1.82, 2.24) is 10.2 Å². The minimum Gasteiger partial charge on any atom is -0.369 e. The number of aliphatic imine (C=N–C) groups is 1. The zero-order chi connectivity index (χ0) is 18.7. The molecule has 2 amide bonds. The number of rotatable bonds is 5. The van der Waals surface area contributed by atoms with Gasteiger partial charge >= 0.3 is 0 Å². The van der Waals surface area contributed by atoms with Gasteiger partial charge in [0, 0.05) is 11.1 Å². The molecule has 1 saturated carbocycles. The van der Waals surface area contributed by atoms with Crippen LogP contribution in [0.5, 0.6) is 0 Å². The van der Waals surface area contributed by atoms with E-state index in [4.69, 9.17) is 17.3 Å². The van der Waals surface area contributed by atoms with E-state index in [1.807, 2.05) is 12.1 Å². The highest BCUT2D eigenvalue weighted by atomic mass is 35.5. The highest BCUT2D eigenvalue weighted by molar-refractivity contribution is 6.30. The van der Waals surface area contributed by atoms with Gasteiger partial charge in [0.2, 0.25) is 5.91 Å². The number of halogens is 1. The summed E-state index contributed by atoms with van der Waals surface area (Å²) < 4.78 is 0. The van der Waals surface area contributed by atoms with Crippen LogP contribution in [0, 0.1) is 0 Å². The number of benzene rings is 1. The molecule has 2 aliphatic rings. The Hall–Kier alpha value is -2.08. The molecule has 0 radical (unpaired) electrons. The number of guanidine groups is 1. The van der Waals surface area contributed by atoms with Crippen LogP contribution in [-0.2, 0) is 16.1 Å². The SMILES string of the molecule is CC1(CC(=O)NC2CCCCC2)N=C(N)N(Cc2cccc(Cl)c2)C1=O. The lowest BCUT2D eigenvalue weighted by atomic mass is 9.93. The van der Waals surface area contributed by atoms with Gasteiger partial charge in [-0.2, -0.15) is 0 Å². The van der Waals surface area contributed by atoms with E-state index in [0.717, 1.165) is 31.2 Å². The molecule has 1 aliphatic carbocycles. The summed E-state index contributed by atoms with van der Waals surface area (Å²) in [7, 11) is 0. The first-order chi connectivity index (χ1) is 12.4. The molecule has 3 rings (SSSR count). The Morgan fingerprint density at radius 2 is 2.12 bits per heavy atom. The third-order valence-electron chi connectivity index (χ3n) is 5.05. The van der Waals surface area contributed by atoms with Gasteiger partial charge in [-0.25, -0.2) is 4.99 Å². The van der Waals surface area contributed by atoms with Crippen LogP contribution in [0.15, 0.2) is 29.3 Å². The molecule has 6 nitrogen and oxygen atoms in total. The second-order valence-electron chi connectivity index (χ2n) is 7.34. The van der Waals surface area contributed by atoms with Gasteiger partial charge in [0.15, 0.2) is 5.96 Å². The Balaban J connectivity index is 1.64. The van der Waals surface area contributed by atoms with E-state index in [9.17, 15) is 9.59 Å². The van der Waals surface area contributed by atoms with Gasteiger partial charge in [-0.1, -0.05) is 43.0 Å². The van der Waals surface area contributed by atoms with Gasteiger partial charge in [-0.05, 0) is 37.5 Å². The van der Waals surface area contributed by atoms with E-state index < -0.39 is 5.54 Å². The molecule has 1 unspecified atom stereocenters. The maximum Gasteiger partial charge on any atom is 0.257 e. The minimum absolute atomic E-state index is 0.00901. The quantitative estimate of drug-likeness (QED) is 0.827. The van der Waals surface area contributed by atoms with Crippen molar-refractivity contribution >= 4 is 29.4 Å². The lowest BCUT2D eigenvalue weighted by Crippen LogP contribution is -2.46. The Bertz CT molecular complexity index is 730. The topological polar surface area (TPSA) is 87.8 Å². The fraction of sp³-hybridized carbons (Fsp3) is 0.526. The summed E-state index contributed by atoms with van der Waals surface area (Å²) in [6, 6.07) is 7.46. The fourth-order valence-corrected chi connectivity index (χ4v) is 3.89. The average molecular weight is 377 g/mol. The Labute approximate surface area is 158 Å². The summed E-state index contributed by atoms with van der Waals surface area (Å²) in [6.45, 7) is 1.95. The number of carbonyl (C=O) groups is 2. The lowest BCUT2D eigenvalue weighted by Gasteiger charge is -2.25. The van der Waals surface area contributed by atoms with Crippen molar-refractivity contribution in [2.75, 3.05) is 0 Å². The summed E-state index contributed by atoms with van der Waals surface area (Å²) in [5.74, 6) is -0.259. The zero-order valence-electron chi connectivity index (χ0n) is 15.0. The van der Waals surface area contributed by atoms with Crippen molar-refractivity contribution in [1.29, 1.82) is 0 Å². The van der Waals surface area contributed by atoms with Crippen LogP contribution < -0.4 is 11.1 Å². The molecule has 140 valence electrons. The van der Waals surface area contributed by atoms with Crippen molar-refractivity contribution in [3.8, 4) is 0 Å². The second kappa shape index (κ2) is 7.66. The fourth-order valence-electron chi connectivity index (χ4n) is 3.68. The molecule has 1 aromatic rings. The zero-order valence-corrected chi connectivity index (χ0v) is 15.8. The van der Waals surface area contributed by atoms with Crippen LogP contribution >= 0.6 is 11.6 Å². The van der Waals surface area contributed by atoms with Gasteiger partial charge in [-0.3, -0.25) is 14.5 Å². The number of carbonyl (C=O) groups excluding carboxylic acids is 2. The molecule has 26 heavy (non-hydrogen) atoms. The molecule has 1 heterocycles. The Morgan fingerprint density at radius 1 is 1.38 bits per heavy atom. The van der Waals surface area contributed by atoms with E-state index in [1.54, 1.807) is 19.1 Å². The van der Waals surface area contributed by atoms with Gasteiger partial charge < -0.3 is 11.1 Å². The summed E-state index contributed by atoms with van der Waals surface area (Å²) in [5.41, 5.74) is 5.69. The predicted octanol–water partition coefficient (Wildman–Crippen LogP) is 2.59. The van der Waals surface area contributed by atoms with Crippen molar-refractivity contribution < 1.29 is 9.59 Å². The molecule has 0 spiro atoms. The molecule has 0 saturated heterocycles. The third kappa shape index (κ3) is 4.18. The molecule has 0 aromatic heterocycles. The lowest BCUT2D eigenvalue weighted by molar-refractivity contribution is -0.134. The van der Waals surface area contributed by atoms with Gasteiger partial charge in [0.25, 0.3) is 5.91 Å². The van der Waals surface area contributed by atoms with Gasteiger partial charge in [-0.15, -0.1) is 0 Å². The maximum absolute atomic E-state index is 12.9. The molecule has 1 aromatic carbocycles. The highest BCUT2D eigenvalue weighted by Gasteiger charge is 2.45. The van der Waals surface area contributed by atoms with Crippen LogP contribution in [0.2, 0.25) is 5.02 Å². The molecular weight excluding hydrogens is 352 g/mol. The predicted molar refractivity (Wildman–Crippen MR) is 102 cm³/mol. The number of nitrogens with one attached hydrogen (secondary N) is 1. The van der Waals surface area contributed by atoms with E-state index in [0.29, 0.717) is 5.02 Å². The minimum atomic E-state index is -1.15. The van der Waals surface area contributed by atoms with Crippen molar-refractivity contribution in [2.24, 2.45) is 10.7 Å². The first kappa shape index (κ1) is 18.7. The molecule has 1 aliphatic heterocycles. The van der Waals surface area contributed by atoms with Crippen LogP contribution in [0.1, 0.15) is 51.0 Å². The van der Waals surface area contributed by atoms with Crippen LogP contribution in [0.3, 0.4) is 0 Å². The number of amides is 2. The molecule has 0 bridgehead atoms. The second-order valence-corrected chi connectivity index (χ2v) is 7.78. The molecular formula is C19H25ClN4O2. The van der Waals surface area contributed by atoms with Crippen LogP contribution in [-0.4, -0.2) is 34.3 Å². The van der Waals surface area contributed by atoms with Crippen LogP contribution in [0.4, 0.5) is 0 Å². The maximum atomic E-state index is 12.9. The Kier molecular flexibility index (Phi) is 5.51. The molecule has 1 atom stereocenters. The first-order valence-corrected chi connectivity index (χ1v) is 9.46. The number of nitrogens with two attached hydrogens (primary N) is 1.